The average molecular weight is 327 g/mol. The van der Waals surface area contributed by atoms with Crippen LogP contribution in [0.5, 0.6) is 0 Å². The van der Waals surface area contributed by atoms with Gasteiger partial charge in [0.15, 0.2) is 0 Å². The van der Waals surface area contributed by atoms with Crippen molar-refractivity contribution in [2.75, 3.05) is 13.1 Å². The molecular weight excluding hydrogens is 302 g/mol. The van der Waals surface area contributed by atoms with Crippen LogP contribution in [0, 0.1) is 12.8 Å². The summed E-state index contributed by atoms with van der Waals surface area (Å²) in [5, 5.41) is 4.15. The van der Waals surface area contributed by atoms with Crippen molar-refractivity contribution in [3.63, 3.8) is 0 Å². The summed E-state index contributed by atoms with van der Waals surface area (Å²) in [6.45, 7) is 7.41. The summed E-state index contributed by atoms with van der Waals surface area (Å²) < 4.78 is 1.64. The van der Waals surface area contributed by atoms with E-state index in [1.165, 1.54) is 6.33 Å². The second kappa shape index (κ2) is 6.71. The molecule has 0 radical (unpaired) electrons. The van der Waals surface area contributed by atoms with Gasteiger partial charge in [-0.3, -0.25) is 9.78 Å². The zero-order valence-corrected chi connectivity index (χ0v) is 14.6. The summed E-state index contributed by atoms with van der Waals surface area (Å²) in [6.07, 6.45) is 6.18. The molecule has 1 aliphatic heterocycles. The minimum Gasteiger partial charge on any atom is -0.340 e. The number of amides is 1. The normalized spacial score (nSPS) is 18.6. The maximum Gasteiger partial charge on any atom is 0.250 e. The highest BCUT2D eigenvalue weighted by Gasteiger charge is 2.36. The molecule has 0 spiro atoms. The first-order valence-electron chi connectivity index (χ1n) is 8.54. The summed E-state index contributed by atoms with van der Waals surface area (Å²) >= 11 is 0. The number of carbonyl (C=O) groups excluding carboxylic acids is 1. The maximum atomic E-state index is 13.0. The first kappa shape index (κ1) is 16.6. The van der Waals surface area contributed by atoms with Gasteiger partial charge in [-0.2, -0.15) is 5.10 Å². The van der Waals surface area contributed by atoms with Gasteiger partial charge in [-0.15, -0.1) is 0 Å². The lowest BCUT2D eigenvalue weighted by Gasteiger charge is -2.37. The number of aryl methyl sites for hydroxylation is 1. The van der Waals surface area contributed by atoms with Crippen LogP contribution in [0.2, 0.25) is 0 Å². The monoisotopic (exact) mass is 327 g/mol. The number of rotatable bonds is 4. The van der Waals surface area contributed by atoms with Gasteiger partial charge in [0.1, 0.15) is 18.2 Å². The molecular formula is C18H25N5O. The van der Waals surface area contributed by atoms with E-state index in [0.29, 0.717) is 5.92 Å². The minimum absolute atomic E-state index is 0.106. The third-order valence-electron chi connectivity index (χ3n) is 4.76. The number of nitrogens with zero attached hydrogens (tertiary/aromatic N) is 5. The number of hydrogen-bond donors (Lipinski definition) is 0. The lowest BCUT2D eigenvalue weighted by molar-refractivity contribution is -0.141. The van der Waals surface area contributed by atoms with E-state index in [9.17, 15) is 4.79 Å². The van der Waals surface area contributed by atoms with Crippen LogP contribution >= 0.6 is 0 Å². The Morgan fingerprint density at radius 3 is 2.92 bits per heavy atom. The molecule has 128 valence electrons. The minimum atomic E-state index is -0.708. The Hall–Kier alpha value is -2.24. The maximum absolute atomic E-state index is 13.0. The number of piperidine rings is 1. The molecule has 1 saturated heterocycles. The van der Waals surface area contributed by atoms with Gasteiger partial charge in [-0.05, 0) is 58.1 Å². The van der Waals surface area contributed by atoms with E-state index in [4.69, 9.17) is 0 Å². The quantitative estimate of drug-likeness (QED) is 0.863. The highest BCUT2D eigenvalue weighted by Crippen LogP contribution is 2.25. The van der Waals surface area contributed by atoms with Gasteiger partial charge >= 0.3 is 0 Å². The second-order valence-corrected chi connectivity index (χ2v) is 7.13. The van der Waals surface area contributed by atoms with Crippen LogP contribution < -0.4 is 0 Å². The van der Waals surface area contributed by atoms with Gasteiger partial charge in [0.25, 0.3) is 0 Å². The standard InChI is InChI=1S/C18H25N5O/c1-14-6-4-8-16(21-14)10-15-7-5-9-22(11-15)17(24)18(2,3)23-13-19-12-20-23/h4,6,8,12-13,15H,5,7,9-11H2,1-3H3. The molecule has 6 heteroatoms. The van der Waals surface area contributed by atoms with Crippen molar-refractivity contribution in [1.82, 2.24) is 24.6 Å². The van der Waals surface area contributed by atoms with Crippen molar-refractivity contribution in [2.45, 2.75) is 45.6 Å². The molecule has 1 atom stereocenters. The molecule has 1 fully saturated rings. The van der Waals surface area contributed by atoms with E-state index in [0.717, 1.165) is 43.7 Å². The molecule has 3 heterocycles. The third kappa shape index (κ3) is 3.47. The Labute approximate surface area is 142 Å². The predicted octanol–water partition coefficient (Wildman–Crippen LogP) is 2.20. The number of aromatic nitrogens is 4. The zero-order valence-electron chi connectivity index (χ0n) is 14.6. The van der Waals surface area contributed by atoms with Gasteiger partial charge < -0.3 is 4.90 Å². The number of hydrogen-bond acceptors (Lipinski definition) is 4. The second-order valence-electron chi connectivity index (χ2n) is 7.13. The van der Waals surface area contributed by atoms with E-state index >= 15 is 0 Å². The van der Waals surface area contributed by atoms with Crippen LogP contribution in [0.4, 0.5) is 0 Å². The Morgan fingerprint density at radius 2 is 2.21 bits per heavy atom. The van der Waals surface area contributed by atoms with E-state index < -0.39 is 5.54 Å². The molecule has 1 amide bonds. The predicted molar refractivity (Wildman–Crippen MR) is 91.3 cm³/mol. The molecule has 0 aliphatic carbocycles. The fourth-order valence-electron chi connectivity index (χ4n) is 3.41. The number of carbonyl (C=O) groups is 1. The molecule has 0 aromatic carbocycles. The molecule has 1 unspecified atom stereocenters. The number of likely N-dealkylation sites (tertiary alicyclic amines) is 1. The van der Waals surface area contributed by atoms with E-state index in [1.54, 1.807) is 11.0 Å². The fraction of sp³-hybridized carbons (Fsp3) is 0.556. The van der Waals surface area contributed by atoms with E-state index in [1.807, 2.05) is 31.7 Å². The van der Waals surface area contributed by atoms with Crippen LogP contribution in [0.15, 0.2) is 30.9 Å². The molecule has 0 saturated carbocycles. The molecule has 0 N–H and O–H groups in total. The summed E-state index contributed by atoms with van der Waals surface area (Å²) in [4.78, 5) is 23.5. The first-order valence-corrected chi connectivity index (χ1v) is 8.54. The molecule has 1 aliphatic rings. The molecule has 2 aromatic heterocycles. The summed E-state index contributed by atoms with van der Waals surface area (Å²) in [5.41, 5.74) is 1.45. The van der Waals surface area contributed by atoms with Crippen LogP contribution in [-0.2, 0) is 16.8 Å². The summed E-state index contributed by atoms with van der Waals surface area (Å²) in [5.74, 6) is 0.568. The number of pyridine rings is 1. The Balaban J connectivity index is 1.68. The van der Waals surface area contributed by atoms with Crippen LogP contribution in [-0.4, -0.2) is 43.6 Å². The Morgan fingerprint density at radius 1 is 1.38 bits per heavy atom. The largest absolute Gasteiger partial charge is 0.340 e. The average Bonchev–Trinajstić information content (AvgIpc) is 3.10. The van der Waals surface area contributed by atoms with Gasteiger partial charge in [0.05, 0.1) is 0 Å². The van der Waals surface area contributed by atoms with Crippen LogP contribution in [0.25, 0.3) is 0 Å². The molecule has 0 bridgehead atoms. The van der Waals surface area contributed by atoms with Gasteiger partial charge in [-0.1, -0.05) is 6.07 Å². The van der Waals surface area contributed by atoms with Crippen molar-refractivity contribution < 1.29 is 4.79 Å². The highest BCUT2D eigenvalue weighted by molar-refractivity contribution is 5.83. The lowest BCUT2D eigenvalue weighted by atomic mass is 9.91. The Kier molecular flexibility index (Phi) is 4.64. The summed E-state index contributed by atoms with van der Waals surface area (Å²) in [6, 6.07) is 6.14. The molecule has 24 heavy (non-hydrogen) atoms. The van der Waals surface area contributed by atoms with Crippen molar-refractivity contribution in [3.8, 4) is 0 Å². The van der Waals surface area contributed by atoms with Crippen molar-refractivity contribution in [2.24, 2.45) is 5.92 Å². The first-order chi connectivity index (χ1) is 11.5. The van der Waals surface area contributed by atoms with Gasteiger partial charge in [0.2, 0.25) is 5.91 Å². The smallest absolute Gasteiger partial charge is 0.250 e. The summed E-state index contributed by atoms with van der Waals surface area (Å²) in [7, 11) is 0. The van der Waals surface area contributed by atoms with Crippen molar-refractivity contribution in [1.29, 1.82) is 0 Å². The van der Waals surface area contributed by atoms with E-state index in [-0.39, 0.29) is 5.91 Å². The topological polar surface area (TPSA) is 63.9 Å². The fourth-order valence-corrected chi connectivity index (χ4v) is 3.41. The van der Waals surface area contributed by atoms with Crippen LogP contribution in [0.3, 0.4) is 0 Å². The zero-order chi connectivity index (χ0) is 17.2. The SMILES string of the molecule is Cc1cccc(CC2CCCN(C(=O)C(C)(C)n3cncn3)C2)n1. The van der Waals surface area contributed by atoms with Crippen molar-refractivity contribution >= 4 is 5.91 Å². The third-order valence-corrected chi connectivity index (χ3v) is 4.76. The Bertz CT molecular complexity index is 695. The highest BCUT2D eigenvalue weighted by atomic mass is 16.2. The van der Waals surface area contributed by atoms with Crippen LogP contribution in [0.1, 0.15) is 38.1 Å². The molecule has 3 rings (SSSR count). The lowest BCUT2D eigenvalue weighted by Crippen LogP contribution is -2.50. The van der Waals surface area contributed by atoms with E-state index in [2.05, 4.69) is 27.2 Å². The molecule has 2 aromatic rings. The van der Waals surface area contributed by atoms with Gasteiger partial charge in [0, 0.05) is 24.5 Å². The molecule has 6 nitrogen and oxygen atoms in total. The van der Waals surface area contributed by atoms with Gasteiger partial charge in [-0.25, -0.2) is 9.67 Å². The van der Waals surface area contributed by atoms with Crippen molar-refractivity contribution in [3.05, 3.63) is 42.2 Å².